The lowest BCUT2D eigenvalue weighted by Crippen LogP contribution is -2.45. The molecule has 7 heteroatoms. The monoisotopic (exact) mass is 383 g/mol. The first-order chi connectivity index (χ1) is 13.7. The number of aromatic nitrogens is 2. The van der Waals surface area contributed by atoms with Crippen molar-refractivity contribution in [3.63, 3.8) is 0 Å². The summed E-state index contributed by atoms with van der Waals surface area (Å²) in [5, 5.41) is 4.50. The third-order valence-corrected chi connectivity index (χ3v) is 5.79. The van der Waals surface area contributed by atoms with E-state index in [1.54, 1.807) is 6.20 Å². The van der Waals surface area contributed by atoms with Crippen LogP contribution in [-0.2, 0) is 6.54 Å². The van der Waals surface area contributed by atoms with Crippen LogP contribution in [0.4, 0.5) is 5.69 Å². The predicted octanol–water partition coefficient (Wildman–Crippen LogP) is 1.76. The number of piperazine rings is 1. The molecule has 0 spiro atoms. The summed E-state index contributed by atoms with van der Waals surface area (Å²) in [7, 11) is 2.12. The summed E-state index contributed by atoms with van der Waals surface area (Å²) < 4.78 is 7.73. The fourth-order valence-corrected chi connectivity index (χ4v) is 4.05. The smallest absolute Gasteiger partial charge is 0.316 e. The topological polar surface area (TPSA) is 76.6 Å². The van der Waals surface area contributed by atoms with E-state index in [0.717, 1.165) is 68.8 Å². The van der Waals surface area contributed by atoms with Gasteiger partial charge in [0.1, 0.15) is 5.69 Å². The maximum absolute atomic E-state index is 13.5. The average Bonchev–Trinajstić information content (AvgIpc) is 3.23. The first-order valence-corrected chi connectivity index (χ1v) is 10.2. The SMILES string of the molecule is CN1CCN(c2cnn(-c3ccccc3CN)c(=O)c2OC2CCCC2)CC1. The summed E-state index contributed by atoms with van der Waals surface area (Å²) in [6.07, 6.45) is 6.21. The number of benzene rings is 1. The van der Waals surface area contributed by atoms with Crippen molar-refractivity contribution >= 4 is 5.69 Å². The third kappa shape index (κ3) is 3.77. The summed E-state index contributed by atoms with van der Waals surface area (Å²) in [6.45, 7) is 4.00. The highest BCUT2D eigenvalue weighted by Crippen LogP contribution is 2.30. The van der Waals surface area contributed by atoms with Gasteiger partial charge in [-0.1, -0.05) is 18.2 Å². The Kier molecular flexibility index (Phi) is 5.64. The molecule has 0 bridgehead atoms. The van der Waals surface area contributed by atoms with Gasteiger partial charge in [0.25, 0.3) is 0 Å². The zero-order valence-corrected chi connectivity index (χ0v) is 16.5. The second kappa shape index (κ2) is 8.32. The van der Waals surface area contributed by atoms with Gasteiger partial charge < -0.3 is 20.3 Å². The van der Waals surface area contributed by atoms with Crippen LogP contribution in [0.2, 0.25) is 0 Å². The number of rotatable bonds is 5. The Labute approximate surface area is 165 Å². The van der Waals surface area contributed by atoms with Crippen LogP contribution in [-0.4, -0.2) is 54.0 Å². The van der Waals surface area contributed by atoms with Crippen LogP contribution in [0.1, 0.15) is 31.2 Å². The van der Waals surface area contributed by atoms with Crippen molar-refractivity contribution in [2.24, 2.45) is 5.73 Å². The lowest BCUT2D eigenvalue weighted by molar-refractivity contribution is 0.205. The van der Waals surface area contributed by atoms with Crippen LogP contribution in [0, 0.1) is 0 Å². The highest BCUT2D eigenvalue weighted by atomic mass is 16.5. The maximum atomic E-state index is 13.5. The fraction of sp³-hybridized carbons (Fsp3) is 0.524. The molecule has 4 rings (SSSR count). The molecule has 150 valence electrons. The molecule has 7 nitrogen and oxygen atoms in total. The second-order valence-electron chi connectivity index (χ2n) is 7.72. The average molecular weight is 383 g/mol. The Morgan fingerprint density at radius 2 is 1.82 bits per heavy atom. The van der Waals surface area contributed by atoms with E-state index in [-0.39, 0.29) is 11.7 Å². The number of hydrogen-bond acceptors (Lipinski definition) is 6. The first kappa shape index (κ1) is 19.0. The van der Waals surface area contributed by atoms with E-state index in [2.05, 4.69) is 21.9 Å². The van der Waals surface area contributed by atoms with Gasteiger partial charge in [-0.25, -0.2) is 0 Å². The molecule has 2 heterocycles. The highest BCUT2D eigenvalue weighted by Gasteiger charge is 2.26. The van der Waals surface area contributed by atoms with E-state index in [4.69, 9.17) is 10.5 Å². The van der Waals surface area contributed by atoms with Crippen molar-refractivity contribution in [2.75, 3.05) is 38.1 Å². The molecule has 1 saturated carbocycles. The van der Waals surface area contributed by atoms with Gasteiger partial charge in [0.15, 0.2) is 0 Å². The molecular formula is C21H29N5O2. The van der Waals surface area contributed by atoms with Crippen LogP contribution >= 0.6 is 0 Å². The quantitative estimate of drug-likeness (QED) is 0.848. The third-order valence-electron chi connectivity index (χ3n) is 5.79. The molecule has 28 heavy (non-hydrogen) atoms. The molecule has 2 aromatic rings. The molecule has 0 atom stereocenters. The minimum absolute atomic E-state index is 0.111. The molecule has 2 fully saturated rings. The van der Waals surface area contributed by atoms with Crippen molar-refractivity contribution in [3.8, 4) is 11.4 Å². The van der Waals surface area contributed by atoms with E-state index in [0.29, 0.717) is 12.3 Å². The first-order valence-electron chi connectivity index (χ1n) is 10.2. The zero-order chi connectivity index (χ0) is 19.5. The predicted molar refractivity (Wildman–Crippen MR) is 110 cm³/mol. The Balaban J connectivity index is 1.76. The molecule has 1 aromatic heterocycles. The zero-order valence-electron chi connectivity index (χ0n) is 16.5. The molecule has 2 N–H and O–H groups in total. The van der Waals surface area contributed by atoms with E-state index in [1.807, 2.05) is 24.3 Å². The molecular weight excluding hydrogens is 354 g/mol. The van der Waals surface area contributed by atoms with Crippen molar-refractivity contribution in [1.82, 2.24) is 14.7 Å². The van der Waals surface area contributed by atoms with Crippen LogP contribution < -0.4 is 20.9 Å². The van der Waals surface area contributed by atoms with Gasteiger partial charge in [-0.15, -0.1) is 0 Å². The molecule has 0 amide bonds. The standard InChI is InChI=1S/C21H29N5O2/c1-24-10-12-25(13-11-24)19-15-23-26(18-9-5-2-6-16(18)14-22)21(27)20(19)28-17-7-3-4-8-17/h2,5-6,9,15,17H,3-4,7-8,10-14,22H2,1H3. The number of hydrogen-bond donors (Lipinski definition) is 1. The van der Waals surface area contributed by atoms with Crippen LogP contribution in [0.5, 0.6) is 5.75 Å². The van der Waals surface area contributed by atoms with Gasteiger partial charge in [-0.05, 0) is 44.4 Å². The minimum atomic E-state index is -0.204. The summed E-state index contributed by atoms with van der Waals surface area (Å²) in [4.78, 5) is 18.0. The Hall–Kier alpha value is -2.38. The normalized spacial score (nSPS) is 18.6. The number of likely N-dealkylation sites (N-methyl/N-ethyl adjacent to an activating group) is 1. The molecule has 0 unspecified atom stereocenters. The van der Waals surface area contributed by atoms with Gasteiger partial charge >= 0.3 is 5.56 Å². The van der Waals surface area contributed by atoms with Crippen LogP contribution in [0.25, 0.3) is 5.69 Å². The molecule has 0 radical (unpaired) electrons. The Morgan fingerprint density at radius 3 is 2.54 bits per heavy atom. The van der Waals surface area contributed by atoms with Crippen molar-refractivity contribution < 1.29 is 4.74 Å². The largest absolute Gasteiger partial charge is 0.483 e. The van der Waals surface area contributed by atoms with E-state index in [1.165, 1.54) is 4.68 Å². The van der Waals surface area contributed by atoms with Gasteiger partial charge in [0, 0.05) is 32.7 Å². The minimum Gasteiger partial charge on any atom is -0.483 e. The number of para-hydroxylation sites is 1. The van der Waals surface area contributed by atoms with Gasteiger partial charge in [-0.2, -0.15) is 9.78 Å². The van der Waals surface area contributed by atoms with Gasteiger partial charge in [-0.3, -0.25) is 4.79 Å². The van der Waals surface area contributed by atoms with E-state index >= 15 is 0 Å². The van der Waals surface area contributed by atoms with Crippen LogP contribution in [0.15, 0.2) is 35.3 Å². The maximum Gasteiger partial charge on any atom is 0.316 e. The lowest BCUT2D eigenvalue weighted by atomic mass is 10.2. The second-order valence-corrected chi connectivity index (χ2v) is 7.72. The van der Waals surface area contributed by atoms with Crippen molar-refractivity contribution in [2.45, 2.75) is 38.3 Å². The van der Waals surface area contributed by atoms with Crippen molar-refractivity contribution in [1.29, 1.82) is 0 Å². The van der Waals surface area contributed by atoms with Crippen molar-refractivity contribution in [3.05, 3.63) is 46.4 Å². The van der Waals surface area contributed by atoms with Gasteiger partial charge in [0.2, 0.25) is 5.75 Å². The highest BCUT2D eigenvalue weighted by molar-refractivity contribution is 5.57. The summed E-state index contributed by atoms with van der Waals surface area (Å²) >= 11 is 0. The molecule has 1 aromatic carbocycles. The fourth-order valence-electron chi connectivity index (χ4n) is 4.05. The molecule has 2 aliphatic rings. The Bertz CT molecular complexity index is 867. The Morgan fingerprint density at radius 1 is 1.11 bits per heavy atom. The summed E-state index contributed by atoms with van der Waals surface area (Å²) in [5.74, 6) is 0.429. The molecule has 1 saturated heterocycles. The molecule has 1 aliphatic heterocycles. The summed E-state index contributed by atoms with van der Waals surface area (Å²) in [6, 6.07) is 7.63. The number of anilines is 1. The summed E-state index contributed by atoms with van der Waals surface area (Å²) in [5.41, 5.74) is 8.09. The lowest BCUT2D eigenvalue weighted by Gasteiger charge is -2.34. The van der Waals surface area contributed by atoms with E-state index in [9.17, 15) is 4.79 Å². The number of nitrogens with two attached hydrogens (primary N) is 1. The number of ether oxygens (including phenoxy) is 1. The van der Waals surface area contributed by atoms with Crippen LogP contribution in [0.3, 0.4) is 0 Å². The van der Waals surface area contributed by atoms with E-state index < -0.39 is 0 Å². The molecule has 1 aliphatic carbocycles. The van der Waals surface area contributed by atoms with Gasteiger partial charge in [0.05, 0.1) is 18.0 Å². The number of nitrogens with zero attached hydrogens (tertiary/aromatic N) is 4.